The monoisotopic (exact) mass is 515 g/mol. The molecule has 5 rings (SSSR count). The number of aryl methyl sites for hydroxylation is 2. The number of nitrogens with zero attached hydrogens (tertiary/aromatic N) is 3. The molecule has 1 aromatic heterocycles. The fourth-order valence-electron chi connectivity index (χ4n) is 5.34. The molecule has 38 heavy (non-hydrogen) atoms. The molecule has 0 bridgehead atoms. The minimum atomic E-state index is -0.372. The predicted molar refractivity (Wildman–Crippen MR) is 149 cm³/mol. The van der Waals surface area contributed by atoms with Gasteiger partial charge in [-0.1, -0.05) is 24.8 Å². The summed E-state index contributed by atoms with van der Waals surface area (Å²) in [5.41, 5.74) is 7.91. The smallest absolute Gasteiger partial charge is 0.197 e. The fourth-order valence-corrected chi connectivity index (χ4v) is 5.34. The Morgan fingerprint density at radius 3 is 2.47 bits per heavy atom. The molecule has 198 valence electrons. The first kappa shape index (κ1) is 26.1. The highest BCUT2D eigenvalue weighted by Crippen LogP contribution is 2.44. The van der Waals surface area contributed by atoms with Gasteiger partial charge in [-0.05, 0) is 81.9 Å². The zero-order chi connectivity index (χ0) is 26.8. The molecule has 1 aliphatic carbocycles. The van der Waals surface area contributed by atoms with Gasteiger partial charge < -0.3 is 9.32 Å². The summed E-state index contributed by atoms with van der Waals surface area (Å²) in [6.45, 7) is 8.98. The fraction of sp³-hybridized carbons (Fsp3) is 0.406. The van der Waals surface area contributed by atoms with Crippen LogP contribution in [0.1, 0.15) is 86.8 Å². The number of hydrogen-bond acceptors (Lipinski definition) is 4. The number of hydrogen-bond donors (Lipinski definition) is 0. The van der Waals surface area contributed by atoms with Crippen molar-refractivity contribution in [1.82, 2.24) is 9.88 Å². The van der Waals surface area contributed by atoms with E-state index in [1.54, 1.807) is 32.2 Å². The van der Waals surface area contributed by atoms with Crippen LogP contribution in [-0.4, -0.2) is 29.2 Å². The lowest BCUT2D eigenvalue weighted by Crippen LogP contribution is -2.32. The summed E-state index contributed by atoms with van der Waals surface area (Å²) >= 11 is 0. The van der Waals surface area contributed by atoms with E-state index in [1.807, 2.05) is 19.1 Å². The van der Waals surface area contributed by atoms with Crippen LogP contribution in [0.4, 0.5) is 14.5 Å². The minimum absolute atomic E-state index is 0.246. The highest BCUT2D eigenvalue weighted by Gasteiger charge is 2.33. The molecule has 0 atom stereocenters. The predicted octanol–water partition coefficient (Wildman–Crippen LogP) is 8.49. The lowest BCUT2D eigenvalue weighted by molar-refractivity contribution is 0.269. The maximum absolute atomic E-state index is 15.6. The van der Waals surface area contributed by atoms with Gasteiger partial charge in [0.25, 0.3) is 0 Å². The van der Waals surface area contributed by atoms with E-state index in [0.717, 1.165) is 49.7 Å². The summed E-state index contributed by atoms with van der Waals surface area (Å²) in [5, 5.41) is 0. The zero-order valence-corrected chi connectivity index (χ0v) is 22.7. The number of likely N-dealkylation sites (tertiary alicyclic amines) is 1. The first-order valence-corrected chi connectivity index (χ1v) is 13.7. The third kappa shape index (κ3) is 5.10. The Morgan fingerprint density at radius 1 is 1.08 bits per heavy atom. The molecular formula is C32H35F2N3O. The van der Waals surface area contributed by atoms with Crippen LogP contribution in [0.25, 0.3) is 16.8 Å². The Labute approximate surface area is 223 Å². The number of halogens is 2. The van der Waals surface area contributed by atoms with Crippen LogP contribution in [0.5, 0.6) is 0 Å². The summed E-state index contributed by atoms with van der Waals surface area (Å²) in [7, 11) is 0. The van der Waals surface area contributed by atoms with Crippen LogP contribution in [0.3, 0.4) is 0 Å². The number of benzene rings is 2. The molecule has 4 nitrogen and oxygen atoms in total. The zero-order valence-electron chi connectivity index (χ0n) is 22.7. The molecule has 0 spiro atoms. The maximum Gasteiger partial charge on any atom is 0.197 e. The van der Waals surface area contributed by atoms with Crippen LogP contribution in [0.2, 0.25) is 0 Å². The summed E-state index contributed by atoms with van der Waals surface area (Å²) in [4.78, 5) is 11.7. The van der Waals surface area contributed by atoms with Crippen molar-refractivity contribution in [2.75, 3.05) is 13.1 Å². The number of aliphatic imine (C=N–C) groups is 1. The van der Waals surface area contributed by atoms with Crippen LogP contribution in [0.15, 0.2) is 51.5 Å². The van der Waals surface area contributed by atoms with Crippen LogP contribution in [-0.2, 0) is 6.42 Å². The van der Waals surface area contributed by atoms with Crippen molar-refractivity contribution in [3.8, 4) is 11.1 Å². The molecule has 2 heterocycles. The summed E-state index contributed by atoms with van der Waals surface area (Å²) < 4.78 is 36.2. The van der Waals surface area contributed by atoms with Gasteiger partial charge in [0, 0.05) is 43.1 Å². The molecule has 0 radical (unpaired) electrons. The van der Waals surface area contributed by atoms with Crippen molar-refractivity contribution >= 4 is 17.6 Å². The minimum Gasteiger partial charge on any atom is -0.445 e. The second kappa shape index (κ2) is 11.1. The first-order chi connectivity index (χ1) is 18.4. The van der Waals surface area contributed by atoms with Gasteiger partial charge in [0.1, 0.15) is 17.4 Å². The van der Waals surface area contributed by atoms with Gasteiger partial charge in [-0.3, -0.25) is 4.99 Å². The number of aromatic nitrogens is 1. The number of allylic oxidation sites excluding steroid dienone is 1. The second-order valence-corrected chi connectivity index (χ2v) is 10.2. The SMILES string of the molecule is CC=C=C(c1c(F)ccc(-c2ccc(C)c(F)c2)c1N=CC)N1CCC(c2nc(C3CC3)c(CC)o2)CC1. The van der Waals surface area contributed by atoms with Gasteiger partial charge in [-0.2, -0.15) is 0 Å². The van der Waals surface area contributed by atoms with Gasteiger partial charge in [-0.25, -0.2) is 13.8 Å². The van der Waals surface area contributed by atoms with Crippen molar-refractivity contribution in [3.63, 3.8) is 0 Å². The Hall–Kier alpha value is -3.50. The molecule has 2 aromatic carbocycles. The Bertz CT molecular complexity index is 1420. The molecule has 0 N–H and O–H groups in total. The molecule has 0 amide bonds. The third-order valence-electron chi connectivity index (χ3n) is 7.58. The van der Waals surface area contributed by atoms with E-state index in [9.17, 15) is 4.39 Å². The summed E-state index contributed by atoms with van der Waals surface area (Å²) in [6.07, 6.45) is 8.46. The maximum atomic E-state index is 15.6. The molecule has 3 aromatic rings. The van der Waals surface area contributed by atoms with Crippen LogP contribution < -0.4 is 0 Å². The molecule has 1 saturated heterocycles. The average molecular weight is 516 g/mol. The molecular weight excluding hydrogens is 480 g/mol. The quantitative estimate of drug-likeness (QED) is 0.234. The van der Waals surface area contributed by atoms with E-state index < -0.39 is 0 Å². The molecule has 1 aliphatic heterocycles. The van der Waals surface area contributed by atoms with Gasteiger partial charge >= 0.3 is 0 Å². The van der Waals surface area contributed by atoms with Gasteiger partial charge in [-0.15, -0.1) is 0 Å². The van der Waals surface area contributed by atoms with E-state index >= 15 is 4.39 Å². The van der Waals surface area contributed by atoms with Crippen molar-refractivity contribution in [3.05, 3.63) is 82.2 Å². The Balaban J connectivity index is 1.47. The topological polar surface area (TPSA) is 41.6 Å². The van der Waals surface area contributed by atoms with Gasteiger partial charge in [0.2, 0.25) is 0 Å². The Kier molecular flexibility index (Phi) is 7.62. The lowest BCUT2D eigenvalue weighted by atomic mass is 9.93. The van der Waals surface area contributed by atoms with E-state index in [-0.39, 0.29) is 17.6 Å². The van der Waals surface area contributed by atoms with Crippen LogP contribution in [0, 0.1) is 18.6 Å². The van der Waals surface area contributed by atoms with Crippen molar-refractivity contribution in [2.45, 2.75) is 71.6 Å². The largest absolute Gasteiger partial charge is 0.445 e. The number of piperidine rings is 1. The first-order valence-electron chi connectivity index (χ1n) is 13.7. The molecule has 2 fully saturated rings. The van der Waals surface area contributed by atoms with E-state index in [0.29, 0.717) is 39.6 Å². The van der Waals surface area contributed by atoms with Crippen molar-refractivity contribution < 1.29 is 13.2 Å². The number of rotatable bonds is 7. The van der Waals surface area contributed by atoms with Crippen molar-refractivity contribution in [2.24, 2.45) is 4.99 Å². The van der Waals surface area contributed by atoms with Gasteiger partial charge in [0.05, 0.1) is 22.6 Å². The third-order valence-corrected chi connectivity index (χ3v) is 7.58. The van der Waals surface area contributed by atoms with Crippen LogP contribution >= 0.6 is 0 Å². The summed E-state index contributed by atoms with van der Waals surface area (Å²) in [5.74, 6) is 2.03. The second-order valence-electron chi connectivity index (χ2n) is 10.2. The molecule has 6 heteroatoms. The highest BCUT2D eigenvalue weighted by atomic mass is 19.1. The lowest BCUT2D eigenvalue weighted by Gasteiger charge is -2.34. The molecule has 2 aliphatic rings. The van der Waals surface area contributed by atoms with E-state index in [1.165, 1.54) is 25.0 Å². The average Bonchev–Trinajstić information content (AvgIpc) is 3.68. The molecule has 0 unspecified atom stereocenters. The summed E-state index contributed by atoms with van der Waals surface area (Å²) in [6, 6.07) is 8.20. The standard InChI is InChI=1S/C32H35F2N3O/c1-5-8-27(37-17-15-22(16-18-37)32-36-30(21-11-12-21)28(6-2)38-32)29-25(33)14-13-24(31(29)35-7-3)23-10-9-20(4)26(34)19-23/h5,7,9-10,13-14,19,21-22H,6,11-12,15-18H2,1-4H3. The van der Waals surface area contributed by atoms with E-state index in [4.69, 9.17) is 9.40 Å². The highest BCUT2D eigenvalue weighted by molar-refractivity contribution is 5.88. The van der Waals surface area contributed by atoms with Crippen molar-refractivity contribution in [1.29, 1.82) is 0 Å². The Morgan fingerprint density at radius 2 is 1.84 bits per heavy atom. The normalized spacial score (nSPS) is 16.2. The van der Waals surface area contributed by atoms with Gasteiger partial charge in [0.15, 0.2) is 5.89 Å². The van der Waals surface area contributed by atoms with E-state index in [2.05, 4.69) is 22.5 Å². The number of oxazole rings is 1. The molecule has 1 saturated carbocycles.